The van der Waals surface area contributed by atoms with Crippen molar-refractivity contribution in [2.75, 3.05) is 5.32 Å². The van der Waals surface area contributed by atoms with Crippen molar-refractivity contribution in [3.63, 3.8) is 0 Å². The van der Waals surface area contributed by atoms with Gasteiger partial charge in [0, 0.05) is 29.3 Å². The molecule has 0 bridgehead atoms. The Morgan fingerprint density at radius 3 is 2.86 bits per heavy atom. The molecule has 0 unspecified atom stereocenters. The topological polar surface area (TPSA) is 125 Å². The van der Waals surface area contributed by atoms with Gasteiger partial charge in [0.2, 0.25) is 5.91 Å². The van der Waals surface area contributed by atoms with Crippen molar-refractivity contribution in [1.29, 1.82) is 0 Å². The van der Waals surface area contributed by atoms with Crippen molar-refractivity contribution >= 4 is 44.9 Å². The van der Waals surface area contributed by atoms with Crippen LogP contribution in [0.4, 0.5) is 5.69 Å². The van der Waals surface area contributed by atoms with Gasteiger partial charge in [0.25, 0.3) is 0 Å². The van der Waals surface area contributed by atoms with Gasteiger partial charge in [-0.25, -0.2) is 4.98 Å². The van der Waals surface area contributed by atoms with E-state index in [0.717, 1.165) is 56.6 Å². The van der Waals surface area contributed by atoms with Crippen molar-refractivity contribution in [1.82, 2.24) is 35.1 Å². The van der Waals surface area contributed by atoms with E-state index in [1.54, 1.807) is 36.1 Å². The minimum Gasteiger partial charge on any atom is -0.336 e. The molecule has 0 aliphatic heterocycles. The highest BCUT2D eigenvalue weighted by atomic mass is 32.1. The summed E-state index contributed by atoms with van der Waals surface area (Å²) in [7, 11) is 0. The lowest BCUT2D eigenvalue weighted by molar-refractivity contribution is -0.117. The van der Waals surface area contributed by atoms with Crippen molar-refractivity contribution in [3.8, 4) is 33.3 Å². The van der Waals surface area contributed by atoms with Crippen molar-refractivity contribution in [2.24, 2.45) is 5.92 Å². The first-order valence-corrected chi connectivity index (χ1v) is 12.1. The largest absolute Gasteiger partial charge is 0.336 e. The Kier molecular flexibility index (Phi) is 4.46. The molecule has 9 nitrogen and oxygen atoms in total. The lowest BCUT2D eigenvalue weighted by Crippen LogP contribution is -2.13. The molecule has 170 valence electrons. The average molecular weight is 479 g/mol. The SMILES string of the molecule is O=C(Nc1cncc(-c2cc3c(-c4nc5c(-c6cccs6)nccc5[nH]4)n[nH]c3cn2)c1)C1CC1. The van der Waals surface area contributed by atoms with E-state index in [0.29, 0.717) is 17.2 Å². The first-order valence-electron chi connectivity index (χ1n) is 11.2. The zero-order valence-electron chi connectivity index (χ0n) is 18.3. The summed E-state index contributed by atoms with van der Waals surface area (Å²) in [6.07, 6.45) is 8.82. The van der Waals surface area contributed by atoms with E-state index in [-0.39, 0.29) is 11.8 Å². The maximum Gasteiger partial charge on any atom is 0.227 e. The fraction of sp³-hybridized carbons (Fsp3) is 0.120. The summed E-state index contributed by atoms with van der Waals surface area (Å²) in [6.45, 7) is 0. The van der Waals surface area contributed by atoms with Crippen LogP contribution in [0.2, 0.25) is 0 Å². The monoisotopic (exact) mass is 478 g/mol. The van der Waals surface area contributed by atoms with Crippen LogP contribution < -0.4 is 5.32 Å². The van der Waals surface area contributed by atoms with Crippen LogP contribution in [0.3, 0.4) is 0 Å². The van der Waals surface area contributed by atoms with Gasteiger partial charge < -0.3 is 10.3 Å². The van der Waals surface area contributed by atoms with Gasteiger partial charge in [-0.15, -0.1) is 11.3 Å². The number of amides is 1. The predicted octanol–water partition coefficient (Wildman–Crippen LogP) is 5.04. The van der Waals surface area contributed by atoms with Gasteiger partial charge in [0.15, 0.2) is 5.82 Å². The molecule has 6 aromatic heterocycles. The highest BCUT2D eigenvalue weighted by molar-refractivity contribution is 7.13. The van der Waals surface area contributed by atoms with E-state index in [4.69, 9.17) is 4.98 Å². The van der Waals surface area contributed by atoms with E-state index in [1.165, 1.54) is 0 Å². The minimum absolute atomic E-state index is 0.0470. The number of nitrogens with one attached hydrogen (secondary N) is 3. The number of nitrogens with zero attached hydrogens (tertiary/aromatic N) is 5. The minimum atomic E-state index is 0.0470. The summed E-state index contributed by atoms with van der Waals surface area (Å²) in [5, 5.41) is 13.4. The van der Waals surface area contributed by atoms with Crippen LogP contribution in [0.1, 0.15) is 12.8 Å². The third kappa shape index (κ3) is 3.55. The number of imidazole rings is 1. The number of carbonyl (C=O) groups excluding carboxylic acids is 1. The Labute approximate surface area is 202 Å². The molecule has 1 amide bonds. The van der Waals surface area contributed by atoms with Gasteiger partial charge in [-0.2, -0.15) is 5.10 Å². The molecular formula is C25H18N8OS. The zero-order chi connectivity index (χ0) is 23.4. The molecule has 35 heavy (non-hydrogen) atoms. The number of hydrogen-bond donors (Lipinski definition) is 3. The van der Waals surface area contributed by atoms with E-state index < -0.39 is 0 Å². The molecule has 0 spiro atoms. The second kappa shape index (κ2) is 7.81. The van der Waals surface area contributed by atoms with E-state index in [1.807, 2.05) is 35.7 Å². The molecule has 6 heterocycles. The molecule has 10 heteroatoms. The number of thiophene rings is 1. The number of aromatic amines is 2. The van der Waals surface area contributed by atoms with Crippen LogP contribution >= 0.6 is 11.3 Å². The number of fused-ring (bicyclic) bond motifs is 2. The Balaban J connectivity index is 1.29. The van der Waals surface area contributed by atoms with Crippen molar-refractivity contribution in [2.45, 2.75) is 12.8 Å². The number of anilines is 1. The molecule has 0 aromatic carbocycles. The Bertz CT molecular complexity index is 1710. The van der Waals surface area contributed by atoms with Crippen molar-refractivity contribution < 1.29 is 4.79 Å². The van der Waals surface area contributed by atoms with Crippen LogP contribution in [0.15, 0.2) is 60.5 Å². The smallest absolute Gasteiger partial charge is 0.227 e. The molecule has 6 aromatic rings. The highest BCUT2D eigenvalue weighted by Gasteiger charge is 2.29. The van der Waals surface area contributed by atoms with Crippen molar-refractivity contribution in [3.05, 3.63) is 60.5 Å². The number of rotatable bonds is 5. The first kappa shape index (κ1) is 20.0. The summed E-state index contributed by atoms with van der Waals surface area (Å²) in [4.78, 5) is 34.9. The lowest BCUT2D eigenvalue weighted by atomic mass is 10.1. The van der Waals surface area contributed by atoms with E-state index >= 15 is 0 Å². The summed E-state index contributed by atoms with van der Waals surface area (Å²) in [5.41, 5.74) is 6.24. The number of hydrogen-bond acceptors (Lipinski definition) is 7. The molecule has 1 fully saturated rings. The standard InChI is InChI=1S/C25H18N8OS/c34-25(13-3-4-13)29-15-8-14(10-26-11-15)18-9-16-19(12-28-18)32-33-21(16)24-30-17-5-6-27-23(22(17)31-24)20-2-1-7-35-20/h1-2,5-13H,3-4H2,(H,29,34)(H,30,31)(H,32,33). The second-order valence-corrected chi connectivity index (χ2v) is 9.48. The fourth-order valence-corrected chi connectivity index (χ4v) is 4.86. The normalized spacial score (nSPS) is 13.5. The molecule has 1 saturated carbocycles. The predicted molar refractivity (Wildman–Crippen MR) is 135 cm³/mol. The molecular weight excluding hydrogens is 460 g/mol. The highest BCUT2D eigenvalue weighted by Crippen LogP contribution is 2.33. The average Bonchev–Trinajstić information content (AvgIpc) is 3.26. The molecule has 7 rings (SSSR count). The maximum atomic E-state index is 12.2. The number of aromatic nitrogens is 7. The van der Waals surface area contributed by atoms with Crippen LogP contribution in [0.25, 0.3) is 55.3 Å². The lowest BCUT2D eigenvalue weighted by Gasteiger charge is -2.06. The molecule has 1 aliphatic carbocycles. The molecule has 3 N–H and O–H groups in total. The second-order valence-electron chi connectivity index (χ2n) is 8.53. The van der Waals surface area contributed by atoms with Gasteiger partial charge in [0.1, 0.15) is 16.9 Å². The van der Waals surface area contributed by atoms with Gasteiger partial charge >= 0.3 is 0 Å². The van der Waals surface area contributed by atoms with Crippen LogP contribution in [0, 0.1) is 5.92 Å². The number of carbonyl (C=O) groups is 1. The summed E-state index contributed by atoms with van der Waals surface area (Å²) in [5.74, 6) is 0.824. The third-order valence-corrected chi connectivity index (χ3v) is 6.95. The number of H-pyrrole nitrogens is 2. The molecule has 1 aliphatic rings. The van der Waals surface area contributed by atoms with Gasteiger partial charge in [-0.05, 0) is 42.5 Å². The maximum absolute atomic E-state index is 12.2. The molecule has 0 atom stereocenters. The quantitative estimate of drug-likeness (QED) is 0.319. The van der Waals surface area contributed by atoms with Crippen LogP contribution in [-0.4, -0.2) is 41.0 Å². The van der Waals surface area contributed by atoms with Crippen LogP contribution in [-0.2, 0) is 4.79 Å². The van der Waals surface area contributed by atoms with E-state index in [2.05, 4.69) is 35.5 Å². The van der Waals surface area contributed by atoms with Gasteiger partial charge in [-0.1, -0.05) is 6.07 Å². The summed E-state index contributed by atoms with van der Waals surface area (Å²) >= 11 is 1.63. The molecule has 0 radical (unpaired) electrons. The van der Waals surface area contributed by atoms with Gasteiger partial charge in [-0.3, -0.25) is 24.8 Å². The Morgan fingerprint density at radius 1 is 1.06 bits per heavy atom. The summed E-state index contributed by atoms with van der Waals surface area (Å²) in [6, 6.07) is 9.81. The molecule has 0 saturated heterocycles. The third-order valence-electron chi connectivity index (χ3n) is 6.08. The Morgan fingerprint density at radius 2 is 2.00 bits per heavy atom. The Hall–Kier alpha value is -4.44. The zero-order valence-corrected chi connectivity index (χ0v) is 19.1. The summed E-state index contributed by atoms with van der Waals surface area (Å²) < 4.78 is 0. The van der Waals surface area contributed by atoms with E-state index in [9.17, 15) is 4.79 Å². The first-order chi connectivity index (χ1) is 17.2. The van der Waals surface area contributed by atoms with Gasteiger partial charge in [0.05, 0.1) is 39.7 Å². The fourth-order valence-electron chi connectivity index (χ4n) is 4.13. The number of pyridine rings is 3. The van der Waals surface area contributed by atoms with Crippen LogP contribution in [0.5, 0.6) is 0 Å².